The fraction of sp³-hybridized carbons (Fsp3) is 0.208. The summed E-state index contributed by atoms with van der Waals surface area (Å²) < 4.78 is 0. The molecule has 0 fully saturated rings. The number of fused-ring (bicyclic) bond motifs is 1. The molecule has 4 rings (SSSR count). The summed E-state index contributed by atoms with van der Waals surface area (Å²) in [5, 5.41) is 2.97. The number of rotatable bonds is 4. The van der Waals surface area contributed by atoms with Gasteiger partial charge in [-0.2, -0.15) is 0 Å². The summed E-state index contributed by atoms with van der Waals surface area (Å²) in [7, 11) is 0. The van der Waals surface area contributed by atoms with Crippen molar-refractivity contribution in [2.45, 2.75) is 26.7 Å². The van der Waals surface area contributed by atoms with Crippen LogP contribution in [0.4, 0.5) is 11.4 Å². The Morgan fingerprint density at radius 3 is 2.76 bits per heavy atom. The molecule has 5 nitrogen and oxygen atoms in total. The van der Waals surface area contributed by atoms with E-state index in [4.69, 9.17) is 0 Å². The van der Waals surface area contributed by atoms with Gasteiger partial charge in [-0.05, 0) is 54.7 Å². The number of pyridine rings is 1. The Hall–Kier alpha value is -3.47. The van der Waals surface area contributed by atoms with Crippen LogP contribution >= 0.6 is 0 Å². The topological polar surface area (TPSA) is 62.3 Å². The van der Waals surface area contributed by atoms with Crippen LogP contribution in [0.5, 0.6) is 0 Å². The molecule has 1 N–H and O–H groups in total. The summed E-state index contributed by atoms with van der Waals surface area (Å²) in [5.74, 6) is -0.429. The van der Waals surface area contributed by atoms with Gasteiger partial charge in [0.05, 0.1) is 0 Å². The molecule has 0 spiro atoms. The maximum absolute atomic E-state index is 13.1. The number of hydrogen-bond donors (Lipinski definition) is 1. The number of nitrogens with zero attached hydrogens (tertiary/aromatic N) is 2. The van der Waals surface area contributed by atoms with Gasteiger partial charge in [0.15, 0.2) is 0 Å². The van der Waals surface area contributed by atoms with Crippen LogP contribution in [0.15, 0.2) is 60.8 Å². The lowest BCUT2D eigenvalue weighted by Crippen LogP contribution is -2.29. The predicted octanol–water partition coefficient (Wildman–Crippen LogP) is 4.41. The van der Waals surface area contributed by atoms with E-state index < -0.39 is 0 Å². The van der Waals surface area contributed by atoms with Crippen LogP contribution in [-0.4, -0.2) is 23.3 Å². The second kappa shape index (κ2) is 7.87. The minimum atomic E-state index is -0.314. The first kappa shape index (κ1) is 18.9. The molecule has 0 unspecified atom stereocenters. The molecule has 1 aliphatic heterocycles. The number of nitrogens with one attached hydrogen (secondary N) is 1. The third-order valence-electron chi connectivity index (χ3n) is 5.35. The van der Waals surface area contributed by atoms with Gasteiger partial charge in [-0.15, -0.1) is 0 Å². The molecule has 0 radical (unpaired) electrons. The lowest BCUT2D eigenvalue weighted by molar-refractivity contribution is 0.0989. The van der Waals surface area contributed by atoms with Gasteiger partial charge in [0, 0.05) is 29.7 Å². The number of aromatic nitrogens is 1. The first-order valence-electron chi connectivity index (χ1n) is 9.84. The highest BCUT2D eigenvalue weighted by Crippen LogP contribution is 2.29. The Morgan fingerprint density at radius 2 is 1.93 bits per heavy atom. The van der Waals surface area contributed by atoms with Crippen LogP contribution in [0.2, 0.25) is 0 Å². The zero-order valence-corrected chi connectivity index (χ0v) is 16.6. The Kier molecular flexibility index (Phi) is 5.12. The van der Waals surface area contributed by atoms with Crippen LogP contribution in [0.1, 0.15) is 44.5 Å². The summed E-state index contributed by atoms with van der Waals surface area (Å²) >= 11 is 0. The van der Waals surface area contributed by atoms with Crippen molar-refractivity contribution in [3.05, 3.63) is 88.7 Å². The summed E-state index contributed by atoms with van der Waals surface area (Å²) in [5.41, 5.74) is 5.67. The van der Waals surface area contributed by atoms with Crippen molar-refractivity contribution in [3.8, 4) is 0 Å². The highest BCUT2D eigenvalue weighted by atomic mass is 16.2. The quantitative estimate of drug-likeness (QED) is 0.724. The molecular formula is C24H23N3O2. The molecule has 5 heteroatoms. The maximum atomic E-state index is 13.1. The van der Waals surface area contributed by atoms with Gasteiger partial charge in [0.2, 0.25) is 0 Å². The van der Waals surface area contributed by atoms with E-state index in [1.165, 1.54) is 11.8 Å². The molecule has 146 valence electrons. The fourth-order valence-corrected chi connectivity index (χ4v) is 3.77. The predicted molar refractivity (Wildman–Crippen MR) is 115 cm³/mol. The molecule has 1 aliphatic rings. The Balaban J connectivity index is 1.58. The van der Waals surface area contributed by atoms with Gasteiger partial charge >= 0.3 is 0 Å². The highest BCUT2D eigenvalue weighted by molar-refractivity contribution is 6.09. The van der Waals surface area contributed by atoms with Crippen LogP contribution in [-0.2, 0) is 12.8 Å². The second-order valence-corrected chi connectivity index (χ2v) is 7.18. The molecule has 2 heterocycles. The van der Waals surface area contributed by atoms with E-state index in [9.17, 15) is 9.59 Å². The van der Waals surface area contributed by atoms with Crippen LogP contribution in [0, 0.1) is 6.92 Å². The van der Waals surface area contributed by atoms with Crippen LogP contribution in [0.25, 0.3) is 0 Å². The van der Waals surface area contributed by atoms with Gasteiger partial charge in [-0.1, -0.05) is 43.3 Å². The summed E-state index contributed by atoms with van der Waals surface area (Å²) in [6.07, 6.45) is 3.17. The third-order valence-corrected chi connectivity index (χ3v) is 5.35. The summed E-state index contributed by atoms with van der Waals surface area (Å²) in [6.45, 7) is 4.66. The monoisotopic (exact) mass is 385 g/mol. The Bertz CT molecular complexity index is 1090. The zero-order chi connectivity index (χ0) is 20.4. The SMILES string of the molecule is CCc1cccc(C)c1NC(=O)c1cc(C(=O)N2CCc3ccccc32)ccn1. The Morgan fingerprint density at radius 1 is 1.10 bits per heavy atom. The van der Waals surface area contributed by atoms with E-state index in [2.05, 4.69) is 17.2 Å². The van der Waals surface area contributed by atoms with Crippen molar-refractivity contribution in [1.29, 1.82) is 0 Å². The number of carbonyl (C=O) groups is 2. The normalized spacial score (nSPS) is 12.6. The van der Waals surface area contributed by atoms with Crippen LogP contribution in [0.3, 0.4) is 0 Å². The van der Waals surface area contributed by atoms with Gasteiger partial charge in [0.1, 0.15) is 5.69 Å². The smallest absolute Gasteiger partial charge is 0.274 e. The number of carbonyl (C=O) groups excluding carboxylic acids is 2. The molecule has 2 amide bonds. The van der Waals surface area contributed by atoms with E-state index in [0.29, 0.717) is 12.1 Å². The van der Waals surface area contributed by atoms with Crippen molar-refractivity contribution in [3.63, 3.8) is 0 Å². The average molecular weight is 385 g/mol. The first-order chi connectivity index (χ1) is 14.1. The van der Waals surface area contributed by atoms with Crippen molar-refractivity contribution in [2.75, 3.05) is 16.8 Å². The molecule has 0 saturated carbocycles. The minimum Gasteiger partial charge on any atom is -0.320 e. The number of anilines is 2. The number of amides is 2. The Labute approximate surface area is 170 Å². The van der Waals surface area contributed by atoms with E-state index >= 15 is 0 Å². The third kappa shape index (κ3) is 3.63. The molecule has 2 aromatic carbocycles. The van der Waals surface area contributed by atoms with E-state index in [-0.39, 0.29) is 17.5 Å². The minimum absolute atomic E-state index is 0.114. The zero-order valence-electron chi connectivity index (χ0n) is 16.6. The fourth-order valence-electron chi connectivity index (χ4n) is 3.77. The van der Waals surface area contributed by atoms with E-state index in [1.807, 2.05) is 49.4 Å². The van der Waals surface area contributed by atoms with Crippen molar-refractivity contribution in [2.24, 2.45) is 0 Å². The van der Waals surface area contributed by atoms with Gasteiger partial charge < -0.3 is 10.2 Å². The number of aryl methyl sites for hydroxylation is 2. The molecule has 0 bridgehead atoms. The standard InChI is InChI=1S/C24H23N3O2/c1-3-17-9-6-7-16(2)22(17)26-23(28)20-15-19(11-13-25-20)24(29)27-14-12-18-8-4-5-10-21(18)27/h4-11,13,15H,3,12,14H2,1-2H3,(H,26,28). The molecule has 1 aromatic heterocycles. The van der Waals surface area contributed by atoms with Gasteiger partial charge in [-0.25, -0.2) is 0 Å². The van der Waals surface area contributed by atoms with Crippen molar-refractivity contribution >= 4 is 23.2 Å². The second-order valence-electron chi connectivity index (χ2n) is 7.18. The summed E-state index contributed by atoms with van der Waals surface area (Å²) in [6, 6.07) is 17.1. The highest BCUT2D eigenvalue weighted by Gasteiger charge is 2.25. The first-order valence-corrected chi connectivity index (χ1v) is 9.84. The molecule has 0 atom stereocenters. The number of para-hydroxylation sites is 2. The molecule has 0 aliphatic carbocycles. The van der Waals surface area contributed by atoms with Crippen LogP contribution < -0.4 is 10.2 Å². The van der Waals surface area contributed by atoms with Crippen molar-refractivity contribution < 1.29 is 9.59 Å². The molecule has 3 aromatic rings. The molecule has 0 saturated heterocycles. The van der Waals surface area contributed by atoms with Crippen molar-refractivity contribution in [1.82, 2.24) is 4.98 Å². The van der Waals surface area contributed by atoms with Gasteiger partial charge in [-0.3, -0.25) is 14.6 Å². The molecule has 29 heavy (non-hydrogen) atoms. The number of benzene rings is 2. The van der Waals surface area contributed by atoms with E-state index in [0.717, 1.165) is 35.3 Å². The average Bonchev–Trinajstić information content (AvgIpc) is 3.19. The van der Waals surface area contributed by atoms with Gasteiger partial charge in [0.25, 0.3) is 11.8 Å². The number of hydrogen-bond acceptors (Lipinski definition) is 3. The lowest BCUT2D eigenvalue weighted by atomic mass is 10.1. The largest absolute Gasteiger partial charge is 0.320 e. The summed E-state index contributed by atoms with van der Waals surface area (Å²) in [4.78, 5) is 31.9. The maximum Gasteiger partial charge on any atom is 0.274 e. The molecular weight excluding hydrogens is 362 g/mol. The van der Waals surface area contributed by atoms with E-state index in [1.54, 1.807) is 17.0 Å². The lowest BCUT2D eigenvalue weighted by Gasteiger charge is -2.17.